The molecule has 1 aromatic carbocycles. The van der Waals surface area contributed by atoms with Gasteiger partial charge in [0.1, 0.15) is 16.4 Å². The molecule has 0 atom stereocenters. The third-order valence-electron chi connectivity index (χ3n) is 4.09. The summed E-state index contributed by atoms with van der Waals surface area (Å²) in [6.45, 7) is -0.0305. The lowest BCUT2D eigenvalue weighted by molar-refractivity contribution is -0.193. The third kappa shape index (κ3) is 5.63. The van der Waals surface area contributed by atoms with Gasteiger partial charge in [0.2, 0.25) is 0 Å². The minimum atomic E-state index is -5.32. The van der Waals surface area contributed by atoms with Crippen molar-refractivity contribution in [1.82, 2.24) is 4.57 Å². The van der Waals surface area contributed by atoms with E-state index < -0.39 is 29.9 Å². The monoisotopic (exact) mass is 483 g/mol. The van der Waals surface area contributed by atoms with Crippen LogP contribution in [-0.4, -0.2) is 34.5 Å². The molecule has 3 aromatic rings. The standard InChI is InChI=1S/C20H13F4N3O5S/c21-12-8-10(16(25)26)3-5-14(12)31-18(29)15-6-4-11(33-15)9-27-7-1-2-13(27)17(28)32-19(30)20(22,23)24/h1-8H,9H2,(H3,25,26). The number of thiophene rings is 1. The van der Waals surface area contributed by atoms with Gasteiger partial charge < -0.3 is 19.8 Å². The molecule has 2 heterocycles. The van der Waals surface area contributed by atoms with E-state index in [2.05, 4.69) is 4.74 Å². The maximum Gasteiger partial charge on any atom is 0.491 e. The Morgan fingerprint density at radius 3 is 2.45 bits per heavy atom. The Bertz CT molecular complexity index is 1250. The summed E-state index contributed by atoms with van der Waals surface area (Å²) in [6.07, 6.45) is -3.94. The first-order valence-electron chi connectivity index (χ1n) is 8.89. The second-order valence-corrected chi connectivity index (χ2v) is 7.58. The lowest BCUT2D eigenvalue weighted by atomic mass is 10.2. The van der Waals surface area contributed by atoms with Crippen LogP contribution in [0.2, 0.25) is 0 Å². The fraction of sp³-hybridized carbons (Fsp3) is 0.100. The molecular formula is C20H13F4N3O5S. The van der Waals surface area contributed by atoms with Gasteiger partial charge in [0, 0.05) is 16.6 Å². The van der Waals surface area contributed by atoms with Gasteiger partial charge in [-0.2, -0.15) is 13.2 Å². The van der Waals surface area contributed by atoms with Crippen LogP contribution < -0.4 is 10.5 Å². The number of ether oxygens (including phenoxy) is 2. The van der Waals surface area contributed by atoms with Crippen molar-refractivity contribution >= 4 is 35.1 Å². The second kappa shape index (κ2) is 9.24. The molecule has 0 saturated heterocycles. The molecule has 0 unspecified atom stereocenters. The zero-order valence-corrected chi connectivity index (χ0v) is 17.1. The first-order chi connectivity index (χ1) is 15.5. The van der Waals surface area contributed by atoms with Gasteiger partial charge in [0.05, 0.1) is 6.54 Å². The van der Waals surface area contributed by atoms with Gasteiger partial charge in [0.25, 0.3) is 0 Å². The van der Waals surface area contributed by atoms with Gasteiger partial charge in [-0.1, -0.05) is 0 Å². The topological polar surface area (TPSA) is 124 Å². The molecule has 2 aromatic heterocycles. The van der Waals surface area contributed by atoms with Crippen LogP contribution in [-0.2, 0) is 16.1 Å². The van der Waals surface area contributed by atoms with Crippen molar-refractivity contribution in [2.75, 3.05) is 0 Å². The van der Waals surface area contributed by atoms with Crippen LogP contribution in [0.4, 0.5) is 17.6 Å². The molecular weight excluding hydrogens is 470 g/mol. The number of carbonyl (C=O) groups excluding carboxylic acids is 3. The highest BCUT2D eigenvalue weighted by Gasteiger charge is 2.42. The first kappa shape index (κ1) is 23.7. The molecule has 0 aliphatic rings. The summed E-state index contributed by atoms with van der Waals surface area (Å²) in [5.41, 5.74) is 5.08. The molecule has 0 aliphatic carbocycles. The Morgan fingerprint density at radius 1 is 1.09 bits per heavy atom. The minimum absolute atomic E-state index is 0.0305. The van der Waals surface area contributed by atoms with Gasteiger partial charge in [0.15, 0.2) is 11.6 Å². The first-order valence-corrected chi connectivity index (χ1v) is 9.70. The third-order valence-corrected chi connectivity index (χ3v) is 5.14. The van der Waals surface area contributed by atoms with E-state index in [1.165, 1.54) is 41.1 Å². The van der Waals surface area contributed by atoms with Crippen LogP contribution in [0, 0.1) is 11.2 Å². The molecule has 0 fully saturated rings. The van der Waals surface area contributed by atoms with Crippen LogP contribution in [0.1, 0.15) is 30.6 Å². The summed E-state index contributed by atoms with van der Waals surface area (Å²) in [7, 11) is 0. The number of halogens is 4. The Balaban J connectivity index is 1.69. The van der Waals surface area contributed by atoms with E-state index in [-0.39, 0.29) is 34.3 Å². The number of hydrogen-bond donors (Lipinski definition) is 2. The highest BCUT2D eigenvalue weighted by Crippen LogP contribution is 2.24. The molecule has 0 spiro atoms. The quantitative estimate of drug-likeness (QED) is 0.138. The largest absolute Gasteiger partial charge is 0.491 e. The van der Waals surface area contributed by atoms with Crippen molar-refractivity contribution in [2.24, 2.45) is 5.73 Å². The highest BCUT2D eigenvalue weighted by atomic mass is 32.1. The fourth-order valence-electron chi connectivity index (χ4n) is 2.57. The smallest absolute Gasteiger partial charge is 0.419 e. The Morgan fingerprint density at radius 2 is 1.82 bits per heavy atom. The second-order valence-electron chi connectivity index (χ2n) is 6.41. The molecule has 172 valence electrons. The van der Waals surface area contributed by atoms with E-state index in [0.717, 1.165) is 23.5 Å². The molecule has 0 aliphatic heterocycles. The number of hydrogen-bond acceptors (Lipinski definition) is 7. The van der Waals surface area contributed by atoms with E-state index in [1.54, 1.807) is 0 Å². The van der Waals surface area contributed by atoms with E-state index in [0.29, 0.717) is 4.88 Å². The number of aromatic nitrogens is 1. The van der Waals surface area contributed by atoms with E-state index in [9.17, 15) is 31.9 Å². The highest BCUT2D eigenvalue weighted by molar-refractivity contribution is 7.13. The molecule has 13 heteroatoms. The molecule has 8 nitrogen and oxygen atoms in total. The maximum atomic E-state index is 14.1. The number of nitrogens with one attached hydrogen (secondary N) is 1. The van der Waals surface area contributed by atoms with Gasteiger partial charge >= 0.3 is 24.1 Å². The minimum Gasteiger partial charge on any atom is -0.419 e. The van der Waals surface area contributed by atoms with Crippen molar-refractivity contribution in [2.45, 2.75) is 12.7 Å². The number of nitrogens with zero attached hydrogens (tertiary/aromatic N) is 1. The molecule has 0 radical (unpaired) electrons. The van der Waals surface area contributed by atoms with Gasteiger partial charge in [-0.25, -0.2) is 18.8 Å². The zero-order valence-electron chi connectivity index (χ0n) is 16.3. The van der Waals surface area contributed by atoms with Gasteiger partial charge in [-0.15, -0.1) is 11.3 Å². The molecule has 33 heavy (non-hydrogen) atoms. The van der Waals surface area contributed by atoms with E-state index in [1.807, 2.05) is 0 Å². The molecule has 3 N–H and O–H groups in total. The summed E-state index contributed by atoms with van der Waals surface area (Å²) < 4.78 is 61.0. The normalized spacial score (nSPS) is 11.2. The van der Waals surface area contributed by atoms with Gasteiger partial charge in [-0.3, -0.25) is 5.41 Å². The number of nitrogens with two attached hydrogens (primary N) is 1. The summed E-state index contributed by atoms with van der Waals surface area (Å²) >= 11 is 0.940. The predicted octanol–water partition coefficient (Wildman–Crippen LogP) is 3.49. The van der Waals surface area contributed by atoms with Crippen LogP contribution >= 0.6 is 11.3 Å². The number of rotatable bonds is 6. The van der Waals surface area contributed by atoms with Crippen molar-refractivity contribution in [1.29, 1.82) is 5.41 Å². The van der Waals surface area contributed by atoms with Crippen molar-refractivity contribution in [3.8, 4) is 5.75 Å². The van der Waals surface area contributed by atoms with Crippen molar-refractivity contribution in [3.05, 3.63) is 75.5 Å². The average Bonchev–Trinajstić information content (AvgIpc) is 3.38. The average molecular weight is 483 g/mol. The number of alkyl halides is 3. The number of benzene rings is 1. The SMILES string of the molecule is N=C(N)c1ccc(OC(=O)c2ccc(Cn3cccc3C(=O)OC(=O)C(F)(F)F)s2)c(F)c1. The molecule has 0 amide bonds. The van der Waals surface area contributed by atoms with E-state index >= 15 is 0 Å². The van der Waals surface area contributed by atoms with Crippen molar-refractivity contribution < 1.29 is 41.4 Å². The van der Waals surface area contributed by atoms with Crippen LogP contribution in [0.5, 0.6) is 5.75 Å². The van der Waals surface area contributed by atoms with Crippen LogP contribution in [0.25, 0.3) is 0 Å². The van der Waals surface area contributed by atoms with Gasteiger partial charge in [-0.05, 0) is 42.5 Å². The molecule has 0 saturated carbocycles. The van der Waals surface area contributed by atoms with Crippen LogP contribution in [0.3, 0.4) is 0 Å². The Kier molecular flexibility index (Phi) is 6.62. The number of amidine groups is 1. The lowest BCUT2D eigenvalue weighted by Gasteiger charge is -2.08. The summed E-state index contributed by atoms with van der Waals surface area (Å²) in [6, 6.07) is 8.84. The van der Waals surface area contributed by atoms with E-state index in [4.69, 9.17) is 15.9 Å². The summed E-state index contributed by atoms with van der Waals surface area (Å²) in [5, 5.41) is 7.27. The van der Waals surface area contributed by atoms with Crippen molar-refractivity contribution in [3.63, 3.8) is 0 Å². The number of esters is 3. The Labute approximate surface area is 186 Å². The summed E-state index contributed by atoms with van der Waals surface area (Å²) in [4.78, 5) is 35.7. The fourth-order valence-corrected chi connectivity index (χ4v) is 3.46. The number of nitrogen functional groups attached to an aromatic ring is 1. The summed E-state index contributed by atoms with van der Waals surface area (Å²) in [5.74, 6) is -6.61. The lowest BCUT2D eigenvalue weighted by Crippen LogP contribution is -2.28. The zero-order chi connectivity index (χ0) is 24.3. The molecule has 3 rings (SSSR count). The molecule has 0 bridgehead atoms. The number of carbonyl (C=O) groups is 3. The van der Waals surface area contributed by atoms with Crippen LogP contribution in [0.15, 0.2) is 48.7 Å². The maximum absolute atomic E-state index is 14.1. The predicted molar refractivity (Wildman–Crippen MR) is 107 cm³/mol. The Hall–Kier alpha value is -4.00.